The van der Waals surface area contributed by atoms with E-state index >= 15 is 0 Å². The minimum absolute atomic E-state index is 0.0348. The molecule has 0 spiro atoms. The number of hydrogen-bond donors (Lipinski definition) is 2. The van der Waals surface area contributed by atoms with E-state index < -0.39 is 6.10 Å². The van der Waals surface area contributed by atoms with E-state index in [2.05, 4.69) is 25.1 Å². The molecule has 30 heavy (non-hydrogen) atoms. The highest BCUT2D eigenvalue weighted by Gasteiger charge is 2.47. The highest BCUT2D eigenvalue weighted by Crippen LogP contribution is 2.49. The lowest BCUT2D eigenvalue weighted by molar-refractivity contribution is 0.00632. The molecule has 1 aromatic carbocycles. The molecule has 0 unspecified atom stereocenters. The SMILES string of the molecule is CN(C)CCCCCC1=C[C@H]2C[C@@H](O)[C@H]([C@@H](O)CCCCOc3ccccc3)[C@H]2C1. The predicted octanol–water partition coefficient (Wildman–Crippen LogP) is 4.66. The van der Waals surface area contributed by atoms with Crippen molar-refractivity contribution in [3.8, 4) is 5.75 Å². The van der Waals surface area contributed by atoms with Crippen LogP contribution in [0.1, 0.15) is 57.8 Å². The number of rotatable bonds is 13. The summed E-state index contributed by atoms with van der Waals surface area (Å²) in [5.74, 6) is 1.84. The van der Waals surface area contributed by atoms with Gasteiger partial charge < -0.3 is 19.8 Å². The fourth-order valence-electron chi connectivity index (χ4n) is 5.37. The third kappa shape index (κ3) is 6.83. The van der Waals surface area contributed by atoms with E-state index in [1.54, 1.807) is 5.57 Å². The lowest BCUT2D eigenvalue weighted by Crippen LogP contribution is -2.32. The monoisotopic (exact) mass is 415 g/mol. The summed E-state index contributed by atoms with van der Waals surface area (Å²) in [5, 5.41) is 21.4. The van der Waals surface area contributed by atoms with Gasteiger partial charge in [0.05, 0.1) is 18.8 Å². The van der Waals surface area contributed by atoms with Crippen molar-refractivity contribution in [2.75, 3.05) is 27.2 Å². The maximum atomic E-state index is 10.8. The molecule has 0 heterocycles. The highest BCUT2D eigenvalue weighted by molar-refractivity contribution is 5.21. The molecule has 4 heteroatoms. The van der Waals surface area contributed by atoms with Gasteiger partial charge in [0, 0.05) is 5.92 Å². The summed E-state index contributed by atoms with van der Waals surface area (Å²) in [5.41, 5.74) is 1.57. The predicted molar refractivity (Wildman–Crippen MR) is 123 cm³/mol. The molecule has 2 N–H and O–H groups in total. The fourth-order valence-corrected chi connectivity index (χ4v) is 5.37. The molecule has 5 atom stereocenters. The Hall–Kier alpha value is -1.36. The van der Waals surface area contributed by atoms with Gasteiger partial charge in [-0.3, -0.25) is 0 Å². The average molecular weight is 416 g/mol. The van der Waals surface area contributed by atoms with Crippen LogP contribution in [0.5, 0.6) is 5.75 Å². The molecule has 1 fully saturated rings. The lowest BCUT2D eigenvalue weighted by Gasteiger charge is -2.27. The number of para-hydroxylation sites is 1. The maximum absolute atomic E-state index is 10.8. The second-order valence-electron chi connectivity index (χ2n) is 9.58. The number of fused-ring (bicyclic) bond motifs is 1. The van der Waals surface area contributed by atoms with E-state index in [1.165, 1.54) is 32.2 Å². The molecular formula is C26H41NO3. The molecule has 0 radical (unpaired) electrons. The van der Waals surface area contributed by atoms with Crippen LogP contribution in [0.3, 0.4) is 0 Å². The Labute approximate surface area is 182 Å². The van der Waals surface area contributed by atoms with Crippen LogP contribution in [0.15, 0.2) is 42.0 Å². The number of ether oxygens (including phenoxy) is 1. The van der Waals surface area contributed by atoms with Gasteiger partial charge in [0.1, 0.15) is 5.75 Å². The van der Waals surface area contributed by atoms with Crippen molar-refractivity contribution < 1.29 is 14.9 Å². The van der Waals surface area contributed by atoms with Crippen LogP contribution in [0.4, 0.5) is 0 Å². The van der Waals surface area contributed by atoms with E-state index in [1.807, 2.05) is 30.3 Å². The summed E-state index contributed by atoms with van der Waals surface area (Å²) in [7, 11) is 4.27. The Morgan fingerprint density at radius 3 is 2.63 bits per heavy atom. The molecule has 4 nitrogen and oxygen atoms in total. The smallest absolute Gasteiger partial charge is 0.119 e. The molecule has 3 rings (SSSR count). The van der Waals surface area contributed by atoms with E-state index in [0.717, 1.165) is 37.9 Å². The van der Waals surface area contributed by atoms with Crippen LogP contribution < -0.4 is 4.74 Å². The molecule has 168 valence electrons. The standard InChI is InChI=1S/C26H41NO3/c1-27(2)15-9-4-5-11-20-17-21-19-25(29)26(23(21)18-20)24(28)14-8-10-16-30-22-12-6-3-7-13-22/h3,6-7,12-13,17,21,23-26,28-29H,4-5,8-11,14-16,18-19H2,1-2H3/t21-,23-,24-,25+,26-/m0/s1. The molecule has 0 bridgehead atoms. The van der Waals surface area contributed by atoms with Crippen molar-refractivity contribution in [3.05, 3.63) is 42.0 Å². The molecule has 1 saturated carbocycles. The zero-order chi connectivity index (χ0) is 21.3. The average Bonchev–Trinajstić information content (AvgIpc) is 3.23. The van der Waals surface area contributed by atoms with Crippen LogP contribution in [-0.4, -0.2) is 54.6 Å². The van der Waals surface area contributed by atoms with Crippen LogP contribution in [0, 0.1) is 17.8 Å². The topological polar surface area (TPSA) is 52.9 Å². The maximum Gasteiger partial charge on any atom is 0.119 e. The Balaban J connectivity index is 1.35. The van der Waals surface area contributed by atoms with Gasteiger partial charge in [0.2, 0.25) is 0 Å². The third-order valence-corrected chi connectivity index (χ3v) is 6.90. The van der Waals surface area contributed by atoms with Crippen molar-refractivity contribution in [1.29, 1.82) is 0 Å². The molecule has 0 aliphatic heterocycles. The summed E-state index contributed by atoms with van der Waals surface area (Å²) in [4.78, 5) is 2.25. The largest absolute Gasteiger partial charge is 0.494 e. The van der Waals surface area contributed by atoms with Crippen molar-refractivity contribution >= 4 is 0 Å². The molecule has 2 aliphatic rings. The normalized spacial score (nSPS) is 26.6. The van der Waals surface area contributed by atoms with Crippen molar-refractivity contribution in [2.45, 2.75) is 70.0 Å². The molecule has 0 amide bonds. The molecule has 1 aromatic rings. The highest BCUT2D eigenvalue weighted by atomic mass is 16.5. The lowest BCUT2D eigenvalue weighted by atomic mass is 9.83. The van der Waals surface area contributed by atoms with Crippen molar-refractivity contribution in [2.24, 2.45) is 17.8 Å². The summed E-state index contributed by atoms with van der Waals surface area (Å²) in [6.07, 6.45) is 11.2. The number of hydrogen-bond acceptors (Lipinski definition) is 4. The Morgan fingerprint density at radius 1 is 1.07 bits per heavy atom. The molecular weight excluding hydrogens is 374 g/mol. The zero-order valence-electron chi connectivity index (χ0n) is 18.9. The van der Waals surface area contributed by atoms with Crippen molar-refractivity contribution in [3.63, 3.8) is 0 Å². The second-order valence-corrected chi connectivity index (χ2v) is 9.58. The number of unbranched alkanes of at least 4 members (excludes halogenated alkanes) is 3. The van der Waals surface area contributed by atoms with Gasteiger partial charge in [0.25, 0.3) is 0 Å². The van der Waals surface area contributed by atoms with Gasteiger partial charge in [-0.2, -0.15) is 0 Å². The van der Waals surface area contributed by atoms with E-state index in [0.29, 0.717) is 18.4 Å². The Morgan fingerprint density at radius 2 is 1.87 bits per heavy atom. The summed E-state index contributed by atoms with van der Waals surface area (Å²) in [6, 6.07) is 9.88. The summed E-state index contributed by atoms with van der Waals surface area (Å²) < 4.78 is 5.74. The minimum atomic E-state index is -0.403. The minimum Gasteiger partial charge on any atom is -0.494 e. The van der Waals surface area contributed by atoms with Gasteiger partial charge in [0.15, 0.2) is 0 Å². The first-order chi connectivity index (χ1) is 14.5. The van der Waals surface area contributed by atoms with Gasteiger partial charge in [-0.15, -0.1) is 0 Å². The number of allylic oxidation sites excluding steroid dienone is 2. The van der Waals surface area contributed by atoms with Gasteiger partial charge in [-0.05, 0) is 96.0 Å². The van der Waals surface area contributed by atoms with E-state index in [-0.39, 0.29) is 12.0 Å². The molecule has 0 saturated heterocycles. The van der Waals surface area contributed by atoms with E-state index in [4.69, 9.17) is 4.74 Å². The first-order valence-corrected chi connectivity index (χ1v) is 11.9. The first kappa shape index (κ1) is 23.3. The number of aliphatic hydroxyl groups is 2. The molecule has 0 aromatic heterocycles. The summed E-state index contributed by atoms with van der Waals surface area (Å²) in [6.45, 7) is 1.84. The summed E-state index contributed by atoms with van der Waals surface area (Å²) >= 11 is 0. The molecule has 2 aliphatic carbocycles. The number of nitrogens with zero attached hydrogens (tertiary/aromatic N) is 1. The number of benzene rings is 1. The quantitative estimate of drug-likeness (QED) is 0.363. The van der Waals surface area contributed by atoms with Crippen LogP contribution in [0.2, 0.25) is 0 Å². The Bertz CT molecular complexity index is 645. The number of aliphatic hydroxyl groups excluding tert-OH is 2. The van der Waals surface area contributed by atoms with Crippen LogP contribution >= 0.6 is 0 Å². The van der Waals surface area contributed by atoms with E-state index in [9.17, 15) is 10.2 Å². The first-order valence-electron chi connectivity index (χ1n) is 11.9. The fraction of sp³-hybridized carbons (Fsp3) is 0.692. The van der Waals surface area contributed by atoms with Crippen LogP contribution in [0.25, 0.3) is 0 Å². The van der Waals surface area contributed by atoms with Gasteiger partial charge in [-0.25, -0.2) is 0 Å². The second kappa shape index (κ2) is 11.9. The van der Waals surface area contributed by atoms with Gasteiger partial charge in [-0.1, -0.05) is 36.3 Å². The van der Waals surface area contributed by atoms with Crippen molar-refractivity contribution in [1.82, 2.24) is 4.90 Å². The third-order valence-electron chi connectivity index (χ3n) is 6.90. The van der Waals surface area contributed by atoms with Crippen LogP contribution in [-0.2, 0) is 0 Å². The zero-order valence-corrected chi connectivity index (χ0v) is 18.9. The van der Waals surface area contributed by atoms with Gasteiger partial charge >= 0.3 is 0 Å². The Kier molecular flexibility index (Phi) is 9.23.